The summed E-state index contributed by atoms with van der Waals surface area (Å²) in [6.45, 7) is 6.81. The van der Waals surface area contributed by atoms with Crippen molar-refractivity contribution in [2.24, 2.45) is 34.0 Å². The average molecular weight is 318 g/mol. The fraction of sp³-hybridized carbons (Fsp3) is 0.950. The van der Waals surface area contributed by atoms with Gasteiger partial charge in [0.15, 0.2) is 0 Å². The first-order chi connectivity index (χ1) is 10.7. The summed E-state index contributed by atoms with van der Waals surface area (Å²) in [7, 11) is 0. The van der Waals surface area contributed by atoms with Crippen molar-refractivity contribution in [2.75, 3.05) is 0 Å². The molecule has 0 aromatic heterocycles. The number of hydrogen-bond donors (Lipinski definition) is 1. The molecular weight excluding hydrogens is 288 g/mol. The molecule has 6 fully saturated rings. The lowest BCUT2D eigenvalue weighted by molar-refractivity contribution is -0.229. The van der Waals surface area contributed by atoms with Crippen LogP contribution in [-0.2, 0) is 9.53 Å². The molecule has 2 aliphatic heterocycles. The Hall–Kier alpha value is -0.570. The van der Waals surface area contributed by atoms with Crippen molar-refractivity contribution in [3.05, 3.63) is 0 Å². The van der Waals surface area contributed by atoms with Gasteiger partial charge in [-0.3, -0.25) is 4.79 Å². The Bertz CT molecular complexity index is 587. The predicted octanol–water partition coefficient (Wildman–Crippen LogP) is 4.25. The van der Waals surface area contributed by atoms with Gasteiger partial charge < -0.3 is 9.84 Å². The minimum atomic E-state index is -0.566. The highest BCUT2D eigenvalue weighted by atomic mass is 16.5. The highest BCUT2D eigenvalue weighted by Crippen LogP contribution is 2.76. The zero-order valence-corrected chi connectivity index (χ0v) is 14.7. The first-order valence-corrected chi connectivity index (χ1v) is 9.65. The second-order valence-corrected chi connectivity index (χ2v) is 10.3. The summed E-state index contributed by atoms with van der Waals surface area (Å²) in [5.74, 6) is 1.12. The fourth-order valence-electron chi connectivity index (χ4n) is 8.69. The molecule has 23 heavy (non-hydrogen) atoms. The molecule has 4 aliphatic carbocycles. The summed E-state index contributed by atoms with van der Waals surface area (Å²) in [6.07, 6.45) is 9.69. The highest BCUT2D eigenvalue weighted by molar-refractivity contribution is 5.75. The molecule has 6 rings (SSSR count). The van der Waals surface area contributed by atoms with Crippen LogP contribution in [0.5, 0.6) is 0 Å². The largest absolute Gasteiger partial charge is 0.481 e. The third-order valence-corrected chi connectivity index (χ3v) is 9.30. The lowest BCUT2D eigenvalue weighted by Crippen LogP contribution is -2.62. The van der Waals surface area contributed by atoms with Gasteiger partial charge >= 0.3 is 5.97 Å². The van der Waals surface area contributed by atoms with Crippen LogP contribution in [0.3, 0.4) is 0 Å². The summed E-state index contributed by atoms with van der Waals surface area (Å²) in [6, 6.07) is 0. The molecule has 2 heterocycles. The van der Waals surface area contributed by atoms with Crippen molar-refractivity contribution >= 4 is 5.97 Å². The lowest BCUT2D eigenvalue weighted by Gasteiger charge is -2.65. The topological polar surface area (TPSA) is 46.5 Å². The van der Waals surface area contributed by atoms with Crippen LogP contribution in [0.1, 0.15) is 72.1 Å². The maximum atomic E-state index is 12.1. The normalized spacial score (nSPS) is 62.9. The van der Waals surface area contributed by atoms with Gasteiger partial charge in [0.2, 0.25) is 0 Å². The Morgan fingerprint density at radius 2 is 1.96 bits per heavy atom. The SMILES string of the molecule is CC12CC34CCC5C(C)(C(=O)O)CCC[C@@]5(C)C3C(CC1C4)O2. The molecule has 7 unspecified atom stereocenters. The van der Waals surface area contributed by atoms with Gasteiger partial charge in [0, 0.05) is 0 Å². The molecule has 0 radical (unpaired) electrons. The number of aliphatic carboxylic acids is 1. The highest BCUT2D eigenvalue weighted by Gasteiger charge is 2.74. The van der Waals surface area contributed by atoms with Crippen LogP contribution in [-0.4, -0.2) is 22.8 Å². The van der Waals surface area contributed by atoms with Crippen molar-refractivity contribution in [3.63, 3.8) is 0 Å². The molecule has 3 nitrogen and oxygen atoms in total. The molecule has 4 saturated carbocycles. The molecule has 1 spiro atoms. The second-order valence-electron chi connectivity index (χ2n) is 10.3. The first-order valence-electron chi connectivity index (χ1n) is 9.65. The molecule has 128 valence electrons. The third-order valence-electron chi connectivity index (χ3n) is 9.30. The molecule has 4 bridgehead atoms. The average Bonchev–Trinajstić information content (AvgIpc) is 2.79. The van der Waals surface area contributed by atoms with Crippen molar-refractivity contribution in [1.82, 2.24) is 0 Å². The number of carboxylic acid groups (broad SMARTS) is 1. The molecule has 0 amide bonds. The minimum absolute atomic E-state index is 0.134. The van der Waals surface area contributed by atoms with Crippen LogP contribution in [0, 0.1) is 34.0 Å². The molecular formula is C20H30O3. The molecule has 8 atom stereocenters. The Morgan fingerprint density at radius 1 is 1.17 bits per heavy atom. The molecule has 0 aromatic rings. The summed E-state index contributed by atoms with van der Waals surface area (Å²) in [5.41, 5.74) is 0.222. The van der Waals surface area contributed by atoms with E-state index in [1.807, 2.05) is 6.92 Å². The van der Waals surface area contributed by atoms with Gasteiger partial charge in [0.25, 0.3) is 0 Å². The van der Waals surface area contributed by atoms with Crippen LogP contribution in [0.2, 0.25) is 0 Å². The number of ether oxygens (including phenoxy) is 1. The Morgan fingerprint density at radius 3 is 2.65 bits per heavy atom. The predicted molar refractivity (Wildman–Crippen MR) is 87.0 cm³/mol. The van der Waals surface area contributed by atoms with E-state index in [0.717, 1.165) is 25.2 Å². The van der Waals surface area contributed by atoms with Crippen LogP contribution in [0.4, 0.5) is 0 Å². The zero-order chi connectivity index (χ0) is 16.3. The van der Waals surface area contributed by atoms with E-state index < -0.39 is 11.4 Å². The Kier molecular flexibility index (Phi) is 2.55. The Balaban J connectivity index is 1.60. The van der Waals surface area contributed by atoms with E-state index in [1.54, 1.807) is 0 Å². The van der Waals surface area contributed by atoms with Crippen LogP contribution < -0.4 is 0 Å². The van der Waals surface area contributed by atoms with Gasteiger partial charge in [0.05, 0.1) is 17.1 Å². The second kappa shape index (κ2) is 3.98. The number of fused-ring (bicyclic) bond motifs is 1. The van der Waals surface area contributed by atoms with Gasteiger partial charge in [0.1, 0.15) is 0 Å². The van der Waals surface area contributed by atoms with E-state index >= 15 is 0 Å². The van der Waals surface area contributed by atoms with Crippen molar-refractivity contribution in [1.29, 1.82) is 0 Å². The zero-order valence-electron chi connectivity index (χ0n) is 14.7. The fourth-order valence-corrected chi connectivity index (χ4v) is 8.69. The van der Waals surface area contributed by atoms with E-state index in [1.165, 1.54) is 32.1 Å². The Labute approximate surface area is 139 Å². The van der Waals surface area contributed by atoms with Crippen LogP contribution >= 0.6 is 0 Å². The van der Waals surface area contributed by atoms with E-state index in [-0.39, 0.29) is 11.0 Å². The summed E-state index contributed by atoms with van der Waals surface area (Å²) < 4.78 is 6.60. The summed E-state index contributed by atoms with van der Waals surface area (Å²) in [5, 5.41) is 9.96. The number of carboxylic acids is 1. The van der Waals surface area contributed by atoms with E-state index in [0.29, 0.717) is 23.4 Å². The quantitative estimate of drug-likeness (QED) is 0.786. The van der Waals surface area contributed by atoms with Crippen LogP contribution in [0.25, 0.3) is 0 Å². The standard InChI is InChI=1S/C20H30O3/c1-17-6-4-7-18(2,16(21)22)14(17)5-8-20-10-12-9-13(15(17)20)23-19(12,3)11-20/h12-15H,4-11H2,1-3H3,(H,21,22)/t12?,13?,14?,15?,17-,18?,19?,20?/m1/s1. The smallest absolute Gasteiger partial charge is 0.309 e. The van der Waals surface area contributed by atoms with E-state index in [9.17, 15) is 9.90 Å². The van der Waals surface area contributed by atoms with E-state index in [4.69, 9.17) is 4.74 Å². The number of carbonyl (C=O) groups is 1. The van der Waals surface area contributed by atoms with Crippen LogP contribution in [0.15, 0.2) is 0 Å². The molecule has 2 saturated heterocycles. The number of hydrogen-bond acceptors (Lipinski definition) is 2. The molecule has 0 aromatic carbocycles. The minimum Gasteiger partial charge on any atom is -0.481 e. The summed E-state index contributed by atoms with van der Waals surface area (Å²) >= 11 is 0. The third kappa shape index (κ3) is 1.50. The van der Waals surface area contributed by atoms with E-state index in [2.05, 4.69) is 13.8 Å². The maximum absolute atomic E-state index is 12.1. The first kappa shape index (κ1) is 14.7. The summed E-state index contributed by atoms with van der Waals surface area (Å²) in [4.78, 5) is 12.1. The van der Waals surface area contributed by atoms with Crippen molar-refractivity contribution in [2.45, 2.75) is 83.8 Å². The van der Waals surface area contributed by atoms with Gasteiger partial charge in [-0.15, -0.1) is 0 Å². The maximum Gasteiger partial charge on any atom is 0.309 e. The van der Waals surface area contributed by atoms with Crippen molar-refractivity contribution in [3.8, 4) is 0 Å². The monoisotopic (exact) mass is 318 g/mol. The van der Waals surface area contributed by atoms with Gasteiger partial charge in [-0.1, -0.05) is 13.3 Å². The van der Waals surface area contributed by atoms with Gasteiger partial charge in [-0.25, -0.2) is 0 Å². The van der Waals surface area contributed by atoms with Gasteiger partial charge in [-0.05, 0) is 87.4 Å². The van der Waals surface area contributed by atoms with Crippen molar-refractivity contribution < 1.29 is 14.6 Å². The molecule has 6 aliphatic rings. The molecule has 1 N–H and O–H groups in total. The lowest BCUT2D eigenvalue weighted by atomic mass is 9.40. The van der Waals surface area contributed by atoms with Gasteiger partial charge in [-0.2, -0.15) is 0 Å². The molecule has 3 heteroatoms. The number of rotatable bonds is 1.